The van der Waals surface area contributed by atoms with E-state index in [0.29, 0.717) is 5.92 Å². The molecule has 2 nitrogen and oxygen atoms in total. The Kier molecular flexibility index (Phi) is 11.2. The minimum absolute atomic E-state index is 0.108. The van der Waals surface area contributed by atoms with Crippen molar-refractivity contribution in [2.24, 2.45) is 11.8 Å². The van der Waals surface area contributed by atoms with Crippen LogP contribution in [0.1, 0.15) is 85.0 Å². The number of carboxylic acid groups (broad SMARTS) is 1. The molecular formula is C16H32O2. The predicted octanol–water partition coefficient (Wildman–Crippen LogP) is 5.26. The molecule has 0 heterocycles. The van der Waals surface area contributed by atoms with Crippen LogP contribution < -0.4 is 0 Å². The fraction of sp³-hybridized carbons (Fsp3) is 0.938. The molecule has 18 heavy (non-hydrogen) atoms. The maximum absolute atomic E-state index is 11.4. The first-order chi connectivity index (χ1) is 8.67. The smallest absolute Gasteiger partial charge is 0.306 e. The van der Waals surface area contributed by atoms with Gasteiger partial charge in [0.1, 0.15) is 0 Å². The molecular weight excluding hydrogens is 224 g/mol. The van der Waals surface area contributed by atoms with E-state index in [0.717, 1.165) is 25.7 Å². The van der Waals surface area contributed by atoms with Crippen molar-refractivity contribution in [3.63, 3.8) is 0 Å². The van der Waals surface area contributed by atoms with E-state index in [1.165, 1.54) is 38.5 Å². The van der Waals surface area contributed by atoms with Crippen molar-refractivity contribution in [3.05, 3.63) is 0 Å². The van der Waals surface area contributed by atoms with E-state index >= 15 is 0 Å². The third-order valence-electron chi connectivity index (χ3n) is 3.96. The van der Waals surface area contributed by atoms with E-state index in [4.69, 9.17) is 0 Å². The first kappa shape index (κ1) is 17.5. The van der Waals surface area contributed by atoms with Gasteiger partial charge < -0.3 is 5.11 Å². The van der Waals surface area contributed by atoms with Crippen molar-refractivity contribution in [2.75, 3.05) is 0 Å². The number of carboxylic acids is 1. The molecule has 1 N–H and O–H groups in total. The molecule has 2 unspecified atom stereocenters. The van der Waals surface area contributed by atoms with Gasteiger partial charge >= 0.3 is 5.97 Å². The summed E-state index contributed by atoms with van der Waals surface area (Å²) in [6.07, 6.45) is 11.3. The summed E-state index contributed by atoms with van der Waals surface area (Å²) >= 11 is 0. The van der Waals surface area contributed by atoms with Crippen LogP contribution in [0.2, 0.25) is 0 Å². The Balaban J connectivity index is 4.12. The average Bonchev–Trinajstić information content (AvgIpc) is 2.35. The largest absolute Gasteiger partial charge is 0.481 e. The van der Waals surface area contributed by atoms with Crippen LogP contribution in [0.15, 0.2) is 0 Å². The van der Waals surface area contributed by atoms with E-state index in [1.807, 2.05) is 0 Å². The topological polar surface area (TPSA) is 37.3 Å². The van der Waals surface area contributed by atoms with Gasteiger partial charge in [0.15, 0.2) is 0 Å². The van der Waals surface area contributed by atoms with Crippen molar-refractivity contribution in [1.82, 2.24) is 0 Å². The van der Waals surface area contributed by atoms with Crippen molar-refractivity contribution >= 4 is 5.97 Å². The van der Waals surface area contributed by atoms with E-state index < -0.39 is 5.97 Å². The summed E-state index contributed by atoms with van der Waals surface area (Å²) in [5.74, 6) is -0.297. The number of hydrogen-bond donors (Lipinski definition) is 1. The lowest BCUT2D eigenvalue weighted by atomic mass is 9.82. The third-order valence-corrected chi connectivity index (χ3v) is 3.96. The highest BCUT2D eigenvalue weighted by Crippen LogP contribution is 2.27. The van der Waals surface area contributed by atoms with E-state index in [9.17, 15) is 9.90 Å². The first-order valence-electron chi connectivity index (χ1n) is 7.90. The summed E-state index contributed by atoms with van der Waals surface area (Å²) < 4.78 is 0. The molecule has 2 atom stereocenters. The molecule has 0 saturated heterocycles. The number of unbranched alkanes of at least 4 members (excludes halogenated alkanes) is 5. The Bertz CT molecular complexity index is 201. The second-order valence-corrected chi connectivity index (χ2v) is 5.46. The Hall–Kier alpha value is -0.530. The van der Waals surface area contributed by atoms with Gasteiger partial charge in [0, 0.05) is 0 Å². The summed E-state index contributed by atoms with van der Waals surface area (Å²) in [5.41, 5.74) is 0. The van der Waals surface area contributed by atoms with Gasteiger partial charge in [0.05, 0.1) is 5.92 Å². The van der Waals surface area contributed by atoms with Crippen LogP contribution in [-0.4, -0.2) is 11.1 Å². The molecule has 0 aromatic rings. The molecule has 0 rings (SSSR count). The Labute approximate surface area is 113 Å². The molecule has 0 fully saturated rings. The van der Waals surface area contributed by atoms with Crippen molar-refractivity contribution < 1.29 is 9.90 Å². The van der Waals surface area contributed by atoms with Gasteiger partial charge in [-0.1, -0.05) is 72.1 Å². The fourth-order valence-corrected chi connectivity index (χ4v) is 2.70. The lowest BCUT2D eigenvalue weighted by molar-refractivity contribution is -0.144. The molecule has 0 aliphatic rings. The molecule has 108 valence electrons. The van der Waals surface area contributed by atoms with Crippen molar-refractivity contribution in [3.8, 4) is 0 Å². The minimum Gasteiger partial charge on any atom is -0.481 e. The summed E-state index contributed by atoms with van der Waals surface area (Å²) in [4.78, 5) is 11.4. The van der Waals surface area contributed by atoms with Crippen LogP contribution in [0.25, 0.3) is 0 Å². The predicted molar refractivity (Wildman–Crippen MR) is 77.8 cm³/mol. The quantitative estimate of drug-likeness (QED) is 0.483. The van der Waals surface area contributed by atoms with Gasteiger partial charge in [-0.25, -0.2) is 0 Å². The van der Waals surface area contributed by atoms with Crippen LogP contribution in [0, 0.1) is 11.8 Å². The van der Waals surface area contributed by atoms with Crippen LogP contribution >= 0.6 is 0 Å². The maximum atomic E-state index is 11.4. The van der Waals surface area contributed by atoms with Crippen LogP contribution in [-0.2, 0) is 4.79 Å². The maximum Gasteiger partial charge on any atom is 0.306 e. The Morgan fingerprint density at radius 1 is 0.889 bits per heavy atom. The molecule has 2 heteroatoms. The third kappa shape index (κ3) is 7.73. The van der Waals surface area contributed by atoms with Crippen molar-refractivity contribution in [1.29, 1.82) is 0 Å². The summed E-state index contributed by atoms with van der Waals surface area (Å²) in [6, 6.07) is 0. The molecule has 0 radical (unpaired) electrons. The van der Waals surface area contributed by atoms with Crippen molar-refractivity contribution in [2.45, 2.75) is 85.0 Å². The number of aliphatic carboxylic acids is 1. The fourth-order valence-electron chi connectivity index (χ4n) is 2.70. The molecule has 0 bridgehead atoms. The SMILES string of the molecule is CCCCCCC(C(=O)O)C(CC)CCCCC. The molecule has 0 aromatic heterocycles. The molecule has 0 aromatic carbocycles. The Morgan fingerprint density at radius 3 is 1.94 bits per heavy atom. The zero-order chi connectivity index (χ0) is 13.8. The molecule has 0 aliphatic carbocycles. The molecule has 0 spiro atoms. The van der Waals surface area contributed by atoms with Crippen LogP contribution in [0.5, 0.6) is 0 Å². The zero-order valence-corrected chi connectivity index (χ0v) is 12.6. The first-order valence-corrected chi connectivity index (χ1v) is 7.90. The lowest BCUT2D eigenvalue weighted by Crippen LogP contribution is -2.23. The zero-order valence-electron chi connectivity index (χ0n) is 12.6. The van der Waals surface area contributed by atoms with Crippen LogP contribution in [0.3, 0.4) is 0 Å². The molecule has 0 aliphatic heterocycles. The highest BCUT2D eigenvalue weighted by molar-refractivity contribution is 5.70. The van der Waals surface area contributed by atoms with Crippen LogP contribution in [0.4, 0.5) is 0 Å². The summed E-state index contributed by atoms with van der Waals surface area (Å²) in [6.45, 7) is 6.52. The lowest BCUT2D eigenvalue weighted by Gasteiger charge is -2.22. The molecule has 0 amide bonds. The summed E-state index contributed by atoms with van der Waals surface area (Å²) in [5, 5.41) is 9.39. The number of hydrogen-bond acceptors (Lipinski definition) is 1. The van der Waals surface area contributed by atoms with Gasteiger partial charge in [-0.05, 0) is 18.8 Å². The normalized spacial score (nSPS) is 14.4. The average molecular weight is 256 g/mol. The van der Waals surface area contributed by atoms with Gasteiger partial charge in [-0.15, -0.1) is 0 Å². The van der Waals surface area contributed by atoms with Gasteiger partial charge in [0.25, 0.3) is 0 Å². The number of rotatable bonds is 12. The molecule has 0 saturated carbocycles. The van der Waals surface area contributed by atoms with E-state index in [-0.39, 0.29) is 5.92 Å². The standard InChI is InChI=1S/C16H32O2/c1-4-7-9-11-13-15(16(17)18)14(6-3)12-10-8-5-2/h14-15H,4-13H2,1-3H3,(H,17,18). The van der Waals surface area contributed by atoms with Gasteiger partial charge in [0.2, 0.25) is 0 Å². The number of carbonyl (C=O) groups is 1. The summed E-state index contributed by atoms with van der Waals surface area (Å²) in [7, 11) is 0. The second kappa shape index (κ2) is 11.6. The van der Waals surface area contributed by atoms with Gasteiger partial charge in [-0.3, -0.25) is 4.79 Å². The highest BCUT2D eigenvalue weighted by Gasteiger charge is 2.25. The second-order valence-electron chi connectivity index (χ2n) is 5.46. The highest BCUT2D eigenvalue weighted by atomic mass is 16.4. The van der Waals surface area contributed by atoms with Gasteiger partial charge in [-0.2, -0.15) is 0 Å². The monoisotopic (exact) mass is 256 g/mol. The minimum atomic E-state index is -0.574. The van der Waals surface area contributed by atoms with E-state index in [2.05, 4.69) is 20.8 Å². The van der Waals surface area contributed by atoms with E-state index in [1.54, 1.807) is 0 Å². The Morgan fingerprint density at radius 2 is 1.44 bits per heavy atom.